The molecule has 0 saturated carbocycles. The molecule has 2 heterocycles. The minimum Gasteiger partial charge on any atom is -0.350 e. The third kappa shape index (κ3) is 2.35. The van der Waals surface area contributed by atoms with Crippen LogP contribution in [0.4, 0.5) is 4.39 Å². The Hall–Kier alpha value is -2.73. The maximum absolute atomic E-state index is 13.9. The van der Waals surface area contributed by atoms with Gasteiger partial charge in [-0.25, -0.2) is 9.37 Å². The molecule has 1 aromatic heterocycles. The van der Waals surface area contributed by atoms with Crippen molar-refractivity contribution in [2.24, 2.45) is 0 Å². The summed E-state index contributed by atoms with van der Waals surface area (Å²) in [4.78, 5) is 16.8. The smallest absolute Gasteiger partial charge is 0.253 e. The summed E-state index contributed by atoms with van der Waals surface area (Å²) in [5, 5.41) is 5.94. The minimum absolute atomic E-state index is 0.256. The van der Waals surface area contributed by atoms with Crippen LogP contribution in [0.1, 0.15) is 15.9 Å². The van der Waals surface area contributed by atoms with E-state index in [1.807, 2.05) is 29.8 Å². The topological polar surface area (TPSA) is 59.0 Å². The zero-order chi connectivity index (χ0) is 16.7. The molecule has 122 valence electrons. The lowest BCUT2D eigenvalue weighted by Gasteiger charge is -2.08. The highest BCUT2D eigenvalue weighted by molar-refractivity contribution is 6.06. The largest absolute Gasteiger partial charge is 0.350 e. The van der Waals surface area contributed by atoms with Gasteiger partial charge in [0.05, 0.1) is 16.6 Å². The van der Waals surface area contributed by atoms with Crippen molar-refractivity contribution in [2.45, 2.75) is 13.1 Å². The Morgan fingerprint density at radius 2 is 2.21 bits per heavy atom. The number of halogens is 1. The number of carbonyl (C=O) groups is 1. The van der Waals surface area contributed by atoms with Crippen LogP contribution in [-0.2, 0) is 13.1 Å². The summed E-state index contributed by atoms with van der Waals surface area (Å²) in [6.45, 7) is 1.85. The summed E-state index contributed by atoms with van der Waals surface area (Å²) in [6, 6.07) is 10.7. The molecule has 6 heteroatoms. The number of rotatable bonds is 3. The van der Waals surface area contributed by atoms with E-state index in [1.165, 1.54) is 12.1 Å². The van der Waals surface area contributed by atoms with Crippen molar-refractivity contribution in [3.05, 3.63) is 53.3 Å². The van der Waals surface area contributed by atoms with Crippen LogP contribution < -0.4 is 10.6 Å². The fourth-order valence-corrected chi connectivity index (χ4v) is 3.25. The quantitative estimate of drug-likeness (QED) is 0.777. The monoisotopic (exact) mass is 324 g/mol. The van der Waals surface area contributed by atoms with E-state index in [1.54, 1.807) is 0 Å². The second-order valence-electron chi connectivity index (χ2n) is 5.89. The van der Waals surface area contributed by atoms with Gasteiger partial charge in [0, 0.05) is 31.3 Å². The molecule has 2 aromatic carbocycles. The Morgan fingerprint density at radius 1 is 1.33 bits per heavy atom. The van der Waals surface area contributed by atoms with Crippen LogP contribution in [0.15, 0.2) is 36.4 Å². The van der Waals surface area contributed by atoms with Crippen LogP contribution in [0.2, 0.25) is 0 Å². The Kier molecular flexibility index (Phi) is 3.54. The highest BCUT2D eigenvalue weighted by atomic mass is 19.1. The van der Waals surface area contributed by atoms with Gasteiger partial charge in [-0.1, -0.05) is 18.2 Å². The molecular weight excluding hydrogens is 307 g/mol. The van der Waals surface area contributed by atoms with E-state index in [4.69, 9.17) is 0 Å². The first-order chi connectivity index (χ1) is 11.7. The Labute approximate surface area is 138 Å². The first-order valence-corrected chi connectivity index (χ1v) is 7.89. The third-order valence-electron chi connectivity index (χ3n) is 4.24. The van der Waals surface area contributed by atoms with Gasteiger partial charge in [-0.05, 0) is 24.7 Å². The van der Waals surface area contributed by atoms with Gasteiger partial charge in [0.25, 0.3) is 5.91 Å². The van der Waals surface area contributed by atoms with Gasteiger partial charge in [-0.3, -0.25) is 4.79 Å². The van der Waals surface area contributed by atoms with Crippen LogP contribution in [-0.4, -0.2) is 29.1 Å². The zero-order valence-corrected chi connectivity index (χ0v) is 13.3. The van der Waals surface area contributed by atoms with Crippen LogP contribution in [0, 0.1) is 5.82 Å². The Balaban J connectivity index is 1.97. The summed E-state index contributed by atoms with van der Waals surface area (Å²) >= 11 is 0. The Morgan fingerprint density at radius 3 is 3.04 bits per heavy atom. The van der Waals surface area contributed by atoms with Gasteiger partial charge in [0.1, 0.15) is 11.6 Å². The number of aromatic nitrogens is 2. The predicted molar refractivity (Wildman–Crippen MR) is 90.2 cm³/mol. The molecule has 1 amide bonds. The zero-order valence-electron chi connectivity index (χ0n) is 13.3. The van der Waals surface area contributed by atoms with Crippen molar-refractivity contribution in [2.75, 3.05) is 13.6 Å². The van der Waals surface area contributed by atoms with Crippen molar-refractivity contribution in [1.29, 1.82) is 0 Å². The highest BCUT2D eigenvalue weighted by Crippen LogP contribution is 2.29. The normalized spacial score (nSPS) is 13.8. The number of nitrogens with one attached hydrogen (secondary N) is 2. The molecule has 0 fully saturated rings. The standard InChI is InChI=1S/C18H17FN4O/c1-20-10-11-3-2-4-12(7-11)17-22-15-9-13(19)8-14-16(15)23(17)6-5-21-18(14)24/h2-4,7-9,20H,5-6,10H2,1H3,(H,21,24). The molecule has 2 N–H and O–H groups in total. The van der Waals surface area contributed by atoms with Gasteiger partial charge in [0.15, 0.2) is 0 Å². The average molecular weight is 324 g/mol. The molecule has 4 rings (SSSR count). The molecule has 3 aromatic rings. The van der Waals surface area contributed by atoms with Crippen LogP contribution >= 0.6 is 0 Å². The third-order valence-corrected chi connectivity index (χ3v) is 4.24. The van der Waals surface area contributed by atoms with E-state index in [0.29, 0.717) is 29.7 Å². The van der Waals surface area contributed by atoms with Crippen LogP contribution in [0.5, 0.6) is 0 Å². The SMILES string of the molecule is CNCc1cccc(-c2nc3cc(F)cc4c3n2CCNC4=O)c1. The molecule has 0 radical (unpaired) electrons. The molecule has 0 atom stereocenters. The lowest BCUT2D eigenvalue weighted by atomic mass is 10.1. The fourth-order valence-electron chi connectivity index (χ4n) is 3.25. The number of carbonyl (C=O) groups excluding carboxylic acids is 1. The van der Waals surface area contributed by atoms with Gasteiger partial charge < -0.3 is 15.2 Å². The number of imidazole rings is 1. The molecule has 1 aliphatic heterocycles. The lowest BCUT2D eigenvalue weighted by molar-refractivity contribution is 0.0956. The van der Waals surface area contributed by atoms with E-state index in [0.717, 1.165) is 23.5 Å². The second-order valence-corrected chi connectivity index (χ2v) is 5.89. The number of amides is 1. The van der Waals surface area contributed by atoms with Crippen molar-refractivity contribution in [3.8, 4) is 11.4 Å². The Bertz CT molecular complexity index is 948. The molecule has 0 aliphatic carbocycles. The lowest BCUT2D eigenvalue weighted by Crippen LogP contribution is -2.24. The summed E-state index contributed by atoms with van der Waals surface area (Å²) in [7, 11) is 1.90. The molecule has 0 saturated heterocycles. The van der Waals surface area contributed by atoms with Crippen LogP contribution in [0.25, 0.3) is 22.4 Å². The fraction of sp³-hybridized carbons (Fsp3) is 0.222. The minimum atomic E-state index is -0.449. The molecular formula is C18H17FN4O. The first kappa shape index (κ1) is 14.8. The van der Waals surface area contributed by atoms with E-state index < -0.39 is 5.82 Å². The van der Waals surface area contributed by atoms with Crippen molar-refractivity contribution in [1.82, 2.24) is 20.2 Å². The van der Waals surface area contributed by atoms with Crippen molar-refractivity contribution < 1.29 is 9.18 Å². The highest BCUT2D eigenvalue weighted by Gasteiger charge is 2.23. The maximum atomic E-state index is 13.9. The number of hydrogen-bond acceptors (Lipinski definition) is 3. The average Bonchev–Trinajstić information content (AvgIpc) is 2.84. The molecule has 5 nitrogen and oxygen atoms in total. The van der Waals surface area contributed by atoms with Crippen molar-refractivity contribution >= 4 is 16.9 Å². The van der Waals surface area contributed by atoms with Crippen molar-refractivity contribution in [3.63, 3.8) is 0 Å². The number of hydrogen-bond donors (Lipinski definition) is 2. The molecule has 24 heavy (non-hydrogen) atoms. The molecule has 0 unspecified atom stereocenters. The van der Waals surface area contributed by atoms with Gasteiger partial charge in [-0.15, -0.1) is 0 Å². The van der Waals surface area contributed by atoms with E-state index >= 15 is 0 Å². The molecule has 1 aliphatic rings. The summed E-state index contributed by atoms with van der Waals surface area (Å²) in [5.74, 6) is 0.0506. The second kappa shape index (κ2) is 5.72. The van der Waals surface area contributed by atoms with Gasteiger partial charge in [0.2, 0.25) is 0 Å². The summed E-state index contributed by atoms with van der Waals surface area (Å²) < 4.78 is 15.9. The maximum Gasteiger partial charge on any atom is 0.253 e. The van der Waals surface area contributed by atoms with Gasteiger partial charge in [-0.2, -0.15) is 0 Å². The predicted octanol–water partition coefficient (Wildman–Crippen LogP) is 2.31. The number of benzene rings is 2. The van der Waals surface area contributed by atoms with Gasteiger partial charge >= 0.3 is 0 Å². The van der Waals surface area contributed by atoms with E-state index in [2.05, 4.69) is 21.7 Å². The number of nitrogens with zero attached hydrogens (tertiary/aromatic N) is 2. The summed E-state index contributed by atoms with van der Waals surface area (Å²) in [6.07, 6.45) is 0. The molecule has 0 bridgehead atoms. The first-order valence-electron chi connectivity index (χ1n) is 7.89. The van der Waals surface area contributed by atoms with Crippen LogP contribution in [0.3, 0.4) is 0 Å². The molecule has 0 spiro atoms. The van der Waals surface area contributed by atoms with E-state index in [-0.39, 0.29) is 5.91 Å². The van der Waals surface area contributed by atoms with E-state index in [9.17, 15) is 9.18 Å². The summed E-state index contributed by atoms with van der Waals surface area (Å²) in [5.41, 5.74) is 3.65.